The molecule has 0 unspecified atom stereocenters. The Bertz CT molecular complexity index is 1450. The van der Waals surface area contributed by atoms with Crippen molar-refractivity contribution in [3.63, 3.8) is 0 Å². The van der Waals surface area contributed by atoms with Gasteiger partial charge in [-0.25, -0.2) is 28.7 Å². The van der Waals surface area contributed by atoms with Crippen LogP contribution in [0.1, 0.15) is 57.3 Å². The van der Waals surface area contributed by atoms with Crippen LogP contribution in [-0.2, 0) is 12.0 Å². The van der Waals surface area contributed by atoms with Crippen LogP contribution in [0.5, 0.6) is 0 Å². The third-order valence-corrected chi connectivity index (χ3v) is 7.90. The van der Waals surface area contributed by atoms with Crippen molar-refractivity contribution >= 4 is 22.8 Å². The molecule has 1 saturated heterocycles. The molecule has 4 aromatic rings. The minimum atomic E-state index is -0.619. The molecule has 1 fully saturated rings. The van der Waals surface area contributed by atoms with Crippen LogP contribution in [-0.4, -0.2) is 49.0 Å². The van der Waals surface area contributed by atoms with Crippen molar-refractivity contribution in [1.29, 1.82) is 0 Å². The first kappa shape index (κ1) is 23.9. The second kappa shape index (κ2) is 9.13. The number of piperidine rings is 1. The number of rotatable bonds is 5. The topological polar surface area (TPSA) is 71.8 Å². The van der Waals surface area contributed by atoms with Gasteiger partial charge in [0.2, 0.25) is 5.95 Å². The quantitative estimate of drug-likeness (QED) is 0.372. The summed E-state index contributed by atoms with van der Waals surface area (Å²) in [7, 11) is 0. The maximum Gasteiger partial charge on any atom is 0.229 e. The second-order valence-corrected chi connectivity index (χ2v) is 10.7. The number of aryl methyl sites for hydroxylation is 1. The Hall–Kier alpha value is -3.46. The number of hydrogen-bond donors (Lipinski definition) is 1. The van der Waals surface area contributed by atoms with Gasteiger partial charge in [0.25, 0.3) is 0 Å². The van der Waals surface area contributed by atoms with Crippen LogP contribution < -0.4 is 5.32 Å². The van der Waals surface area contributed by atoms with E-state index in [2.05, 4.69) is 61.6 Å². The molecule has 0 saturated carbocycles. The van der Waals surface area contributed by atoms with E-state index in [0.29, 0.717) is 28.3 Å². The van der Waals surface area contributed by atoms with Gasteiger partial charge in [-0.2, -0.15) is 0 Å². The summed E-state index contributed by atoms with van der Waals surface area (Å²) in [5.74, 6) is 1.03. The summed E-state index contributed by atoms with van der Waals surface area (Å²) in [4.78, 5) is 20.0. The highest BCUT2D eigenvalue weighted by Gasteiger charge is 2.33. The first-order valence-electron chi connectivity index (χ1n) is 13.0. The summed E-state index contributed by atoms with van der Waals surface area (Å²) in [6.45, 7) is 9.73. The lowest BCUT2D eigenvalue weighted by molar-refractivity contribution is 0.222. The molecule has 6 rings (SSSR count). The van der Waals surface area contributed by atoms with Gasteiger partial charge < -0.3 is 14.8 Å². The fourth-order valence-corrected chi connectivity index (χ4v) is 5.74. The molecule has 9 heteroatoms. The Morgan fingerprint density at radius 2 is 1.84 bits per heavy atom. The first-order valence-corrected chi connectivity index (χ1v) is 13.0. The molecular formula is C28H31F2N7. The summed E-state index contributed by atoms with van der Waals surface area (Å²) in [5.41, 5.74) is 2.38. The number of imidazole rings is 1. The van der Waals surface area contributed by atoms with Crippen LogP contribution in [0.3, 0.4) is 0 Å². The van der Waals surface area contributed by atoms with Crippen molar-refractivity contribution in [2.75, 3.05) is 25.0 Å². The molecule has 0 radical (unpaired) electrons. The summed E-state index contributed by atoms with van der Waals surface area (Å²) in [6.07, 6.45) is 6.97. The molecule has 37 heavy (non-hydrogen) atoms. The number of nitrogens with zero attached hydrogens (tertiary/aromatic N) is 6. The van der Waals surface area contributed by atoms with Crippen molar-refractivity contribution in [1.82, 2.24) is 29.4 Å². The SMILES string of the molecule is CCN1CCC(c2ccc(Nc3ncc(F)c(-c4cc(F)c5nc6n(c5c4)C(C)(C)CC6)n3)nc2)CC1. The Kier molecular flexibility index (Phi) is 5.90. The van der Waals surface area contributed by atoms with E-state index in [1.807, 2.05) is 12.3 Å². The fraction of sp³-hybridized carbons (Fsp3) is 0.429. The zero-order valence-electron chi connectivity index (χ0n) is 21.4. The van der Waals surface area contributed by atoms with Crippen molar-refractivity contribution in [2.45, 2.75) is 57.9 Å². The molecule has 0 spiro atoms. The lowest BCUT2D eigenvalue weighted by atomic mass is 9.90. The van der Waals surface area contributed by atoms with Gasteiger partial charge in [-0.05, 0) is 82.4 Å². The molecule has 192 valence electrons. The molecule has 5 heterocycles. The highest BCUT2D eigenvalue weighted by molar-refractivity contribution is 5.83. The van der Waals surface area contributed by atoms with E-state index in [-0.39, 0.29) is 17.2 Å². The fourth-order valence-electron chi connectivity index (χ4n) is 5.74. The molecule has 1 N–H and O–H groups in total. The molecule has 0 amide bonds. The number of anilines is 2. The molecule has 7 nitrogen and oxygen atoms in total. The first-order chi connectivity index (χ1) is 17.8. The van der Waals surface area contributed by atoms with Gasteiger partial charge in [0.1, 0.15) is 22.9 Å². The summed E-state index contributed by atoms with van der Waals surface area (Å²) < 4.78 is 32.0. The second-order valence-electron chi connectivity index (χ2n) is 10.7. The van der Waals surface area contributed by atoms with Crippen LogP contribution in [0.25, 0.3) is 22.3 Å². The molecule has 0 aliphatic carbocycles. The van der Waals surface area contributed by atoms with Gasteiger partial charge in [-0.15, -0.1) is 0 Å². The van der Waals surface area contributed by atoms with Gasteiger partial charge in [0, 0.05) is 23.7 Å². The lowest BCUT2D eigenvalue weighted by Gasteiger charge is -2.31. The van der Waals surface area contributed by atoms with E-state index < -0.39 is 11.6 Å². The van der Waals surface area contributed by atoms with E-state index >= 15 is 4.39 Å². The number of hydrogen-bond acceptors (Lipinski definition) is 6. The average Bonchev–Trinajstić information content (AvgIpc) is 3.43. The predicted octanol–water partition coefficient (Wildman–Crippen LogP) is 5.79. The van der Waals surface area contributed by atoms with E-state index in [4.69, 9.17) is 0 Å². The van der Waals surface area contributed by atoms with Crippen LogP contribution in [0.2, 0.25) is 0 Å². The molecule has 2 aliphatic heterocycles. The molecule has 0 atom stereocenters. The number of aromatic nitrogens is 5. The van der Waals surface area contributed by atoms with E-state index in [1.54, 1.807) is 6.07 Å². The van der Waals surface area contributed by atoms with Crippen molar-refractivity contribution in [2.24, 2.45) is 0 Å². The van der Waals surface area contributed by atoms with Crippen LogP contribution in [0.4, 0.5) is 20.5 Å². The Balaban J connectivity index is 1.26. The maximum absolute atomic E-state index is 15.1. The van der Waals surface area contributed by atoms with Gasteiger partial charge in [-0.3, -0.25) is 0 Å². The van der Waals surface area contributed by atoms with Crippen LogP contribution in [0.15, 0.2) is 36.7 Å². The van der Waals surface area contributed by atoms with Crippen LogP contribution in [0, 0.1) is 11.6 Å². The molecule has 0 bridgehead atoms. The van der Waals surface area contributed by atoms with Crippen molar-refractivity contribution < 1.29 is 8.78 Å². The largest absolute Gasteiger partial charge is 0.322 e. The third kappa shape index (κ3) is 4.35. The number of benzene rings is 1. The Morgan fingerprint density at radius 3 is 2.57 bits per heavy atom. The predicted molar refractivity (Wildman–Crippen MR) is 140 cm³/mol. The van der Waals surface area contributed by atoms with Crippen LogP contribution >= 0.6 is 0 Å². The number of halogens is 2. The summed E-state index contributed by atoms with van der Waals surface area (Å²) in [6, 6.07) is 7.05. The minimum absolute atomic E-state index is 0.0314. The Labute approximate surface area is 215 Å². The number of pyridine rings is 1. The Morgan fingerprint density at radius 1 is 1.03 bits per heavy atom. The van der Waals surface area contributed by atoms with Gasteiger partial charge in [0.15, 0.2) is 11.6 Å². The molecule has 3 aromatic heterocycles. The minimum Gasteiger partial charge on any atom is -0.322 e. The maximum atomic E-state index is 15.1. The van der Waals surface area contributed by atoms with E-state index in [9.17, 15) is 4.39 Å². The smallest absolute Gasteiger partial charge is 0.229 e. The molecule has 1 aromatic carbocycles. The normalized spacial score (nSPS) is 17.9. The third-order valence-electron chi connectivity index (χ3n) is 7.90. The zero-order valence-corrected chi connectivity index (χ0v) is 21.4. The monoisotopic (exact) mass is 503 g/mol. The number of fused-ring (bicyclic) bond motifs is 3. The number of likely N-dealkylation sites (tertiary alicyclic amines) is 1. The summed E-state index contributed by atoms with van der Waals surface area (Å²) in [5, 5.41) is 3.07. The molecular weight excluding hydrogens is 472 g/mol. The van der Waals surface area contributed by atoms with Crippen molar-refractivity contribution in [3.05, 3.63) is 59.7 Å². The average molecular weight is 504 g/mol. The van der Waals surface area contributed by atoms with E-state index in [0.717, 1.165) is 57.3 Å². The molecule has 2 aliphatic rings. The lowest BCUT2D eigenvalue weighted by Crippen LogP contribution is -2.32. The van der Waals surface area contributed by atoms with Crippen molar-refractivity contribution in [3.8, 4) is 11.3 Å². The van der Waals surface area contributed by atoms with E-state index in [1.165, 1.54) is 11.6 Å². The van der Waals surface area contributed by atoms with Gasteiger partial charge in [-0.1, -0.05) is 13.0 Å². The van der Waals surface area contributed by atoms with Gasteiger partial charge >= 0.3 is 0 Å². The standard InChI is InChI=1S/C28H31F2N7/c1-4-36-11-8-17(9-12-36)18-5-6-23(31-15-18)33-27-32-16-21(30)25(35-27)19-13-20(29)26-22(14-19)37-24(34-26)7-10-28(37,2)3/h5-6,13-17H,4,7-12H2,1-3H3,(H,31,32,33,35). The highest BCUT2D eigenvalue weighted by atomic mass is 19.1. The van der Waals surface area contributed by atoms with Gasteiger partial charge in [0.05, 0.1) is 11.7 Å². The number of nitrogens with one attached hydrogen (secondary N) is 1. The highest BCUT2D eigenvalue weighted by Crippen LogP contribution is 2.38. The zero-order chi connectivity index (χ0) is 25.7. The summed E-state index contributed by atoms with van der Waals surface area (Å²) >= 11 is 0.